The molecule has 0 atom stereocenters. The van der Waals surface area contributed by atoms with Gasteiger partial charge in [-0.1, -0.05) is 18.2 Å². The summed E-state index contributed by atoms with van der Waals surface area (Å²) in [5.74, 6) is 1.64. The highest BCUT2D eigenvalue weighted by Crippen LogP contribution is 2.23. The van der Waals surface area contributed by atoms with Gasteiger partial charge in [-0.25, -0.2) is 4.98 Å². The van der Waals surface area contributed by atoms with Gasteiger partial charge in [0.1, 0.15) is 5.82 Å². The summed E-state index contributed by atoms with van der Waals surface area (Å²) in [4.78, 5) is 23.5. The maximum absolute atomic E-state index is 12.5. The average Bonchev–Trinajstić information content (AvgIpc) is 2.65. The number of benzene rings is 1. The highest BCUT2D eigenvalue weighted by Gasteiger charge is 2.23. The molecular formula is C21H29N5O. The van der Waals surface area contributed by atoms with Crippen LogP contribution in [-0.4, -0.2) is 42.1 Å². The molecule has 27 heavy (non-hydrogen) atoms. The molecule has 1 aliphatic carbocycles. The Labute approximate surface area is 161 Å². The van der Waals surface area contributed by atoms with Crippen molar-refractivity contribution in [2.75, 3.05) is 24.3 Å². The first kappa shape index (κ1) is 19.1. The van der Waals surface area contributed by atoms with Gasteiger partial charge in [-0.05, 0) is 51.2 Å². The predicted molar refractivity (Wildman–Crippen MR) is 109 cm³/mol. The van der Waals surface area contributed by atoms with Crippen LogP contribution in [0.2, 0.25) is 0 Å². The smallest absolute Gasteiger partial charge is 0.251 e. The van der Waals surface area contributed by atoms with E-state index in [2.05, 4.69) is 20.6 Å². The molecule has 1 fully saturated rings. The standard InChI is InChI=1S/C21H29N5O/c1-14-7-5-6-8-18(14)20(27)23-16-9-11-17(12-10-16)24-21-22-13-15(2)19(25-21)26(3)4/h5-8,13,16-17H,9-12H2,1-4H3,(H,23,27)(H,22,24,25). The van der Waals surface area contributed by atoms with Gasteiger partial charge in [0.25, 0.3) is 5.91 Å². The highest BCUT2D eigenvalue weighted by atomic mass is 16.1. The molecule has 0 radical (unpaired) electrons. The number of hydrogen-bond acceptors (Lipinski definition) is 5. The zero-order valence-electron chi connectivity index (χ0n) is 16.6. The van der Waals surface area contributed by atoms with E-state index in [4.69, 9.17) is 0 Å². The van der Waals surface area contributed by atoms with Crippen molar-refractivity contribution in [3.8, 4) is 0 Å². The van der Waals surface area contributed by atoms with E-state index in [0.717, 1.165) is 48.2 Å². The third-order valence-electron chi connectivity index (χ3n) is 5.15. The van der Waals surface area contributed by atoms with Crippen molar-refractivity contribution >= 4 is 17.7 Å². The lowest BCUT2D eigenvalue weighted by molar-refractivity contribution is 0.0926. The van der Waals surface area contributed by atoms with Gasteiger partial charge in [0.2, 0.25) is 5.95 Å². The van der Waals surface area contributed by atoms with Gasteiger partial charge in [0.05, 0.1) is 0 Å². The third kappa shape index (κ3) is 4.76. The quantitative estimate of drug-likeness (QED) is 0.848. The Hall–Kier alpha value is -2.63. The summed E-state index contributed by atoms with van der Waals surface area (Å²) in [6, 6.07) is 8.29. The lowest BCUT2D eigenvalue weighted by Gasteiger charge is -2.30. The summed E-state index contributed by atoms with van der Waals surface area (Å²) < 4.78 is 0. The van der Waals surface area contributed by atoms with Crippen LogP contribution in [-0.2, 0) is 0 Å². The average molecular weight is 367 g/mol. The van der Waals surface area contributed by atoms with Crippen LogP contribution < -0.4 is 15.5 Å². The minimum atomic E-state index is 0.0296. The minimum Gasteiger partial charge on any atom is -0.362 e. The van der Waals surface area contributed by atoms with Crippen molar-refractivity contribution in [2.45, 2.75) is 51.6 Å². The second-order valence-electron chi connectivity index (χ2n) is 7.58. The summed E-state index contributed by atoms with van der Waals surface area (Å²) in [6.07, 6.45) is 5.77. The zero-order chi connectivity index (χ0) is 19.4. The second-order valence-corrected chi connectivity index (χ2v) is 7.58. The van der Waals surface area contributed by atoms with Crippen LogP contribution in [0.15, 0.2) is 30.5 Å². The van der Waals surface area contributed by atoms with Gasteiger partial charge in [0, 0.05) is 43.5 Å². The molecule has 2 aromatic rings. The maximum atomic E-state index is 12.5. The first-order valence-corrected chi connectivity index (χ1v) is 9.58. The molecule has 0 saturated heterocycles. The number of carbonyl (C=O) groups excluding carboxylic acids is 1. The van der Waals surface area contributed by atoms with E-state index in [1.165, 1.54) is 0 Å². The molecule has 1 aromatic carbocycles. The lowest BCUT2D eigenvalue weighted by Crippen LogP contribution is -2.40. The van der Waals surface area contributed by atoms with Crippen molar-refractivity contribution in [3.05, 3.63) is 47.2 Å². The number of nitrogens with zero attached hydrogens (tertiary/aromatic N) is 3. The number of carbonyl (C=O) groups is 1. The Morgan fingerprint density at radius 2 is 1.70 bits per heavy atom. The SMILES string of the molecule is Cc1ccccc1C(=O)NC1CCC(Nc2ncc(C)c(N(C)C)n2)CC1. The molecule has 1 heterocycles. The lowest BCUT2D eigenvalue weighted by atomic mass is 9.91. The number of aryl methyl sites for hydroxylation is 2. The van der Waals surface area contributed by atoms with Crippen LogP contribution in [0.3, 0.4) is 0 Å². The summed E-state index contributed by atoms with van der Waals surface area (Å²) >= 11 is 0. The number of amides is 1. The van der Waals surface area contributed by atoms with Crippen LogP contribution in [0, 0.1) is 13.8 Å². The molecule has 0 unspecified atom stereocenters. The molecular weight excluding hydrogens is 338 g/mol. The van der Waals surface area contributed by atoms with Crippen molar-refractivity contribution in [1.29, 1.82) is 0 Å². The normalized spacial score (nSPS) is 19.4. The van der Waals surface area contributed by atoms with Crippen LogP contribution >= 0.6 is 0 Å². The fourth-order valence-corrected chi connectivity index (χ4v) is 3.61. The Balaban J connectivity index is 1.53. The molecule has 0 bridgehead atoms. The highest BCUT2D eigenvalue weighted by molar-refractivity contribution is 5.95. The molecule has 2 N–H and O–H groups in total. The topological polar surface area (TPSA) is 70.2 Å². The van der Waals surface area contributed by atoms with Gasteiger partial charge < -0.3 is 15.5 Å². The summed E-state index contributed by atoms with van der Waals surface area (Å²) in [6.45, 7) is 3.99. The largest absolute Gasteiger partial charge is 0.362 e. The number of hydrogen-bond donors (Lipinski definition) is 2. The molecule has 6 heteroatoms. The Morgan fingerprint density at radius 1 is 1.04 bits per heavy atom. The molecule has 0 spiro atoms. The van der Waals surface area contributed by atoms with Crippen LogP contribution in [0.5, 0.6) is 0 Å². The fourth-order valence-electron chi connectivity index (χ4n) is 3.61. The molecule has 1 aromatic heterocycles. The van der Waals surface area contributed by atoms with Crippen molar-refractivity contribution in [1.82, 2.24) is 15.3 Å². The van der Waals surface area contributed by atoms with E-state index in [9.17, 15) is 4.79 Å². The first-order chi connectivity index (χ1) is 12.9. The molecule has 0 aliphatic heterocycles. The molecule has 144 valence electrons. The first-order valence-electron chi connectivity index (χ1n) is 9.58. The number of rotatable bonds is 5. The van der Waals surface area contributed by atoms with Gasteiger partial charge in [0.15, 0.2) is 0 Å². The van der Waals surface area contributed by atoms with E-state index in [0.29, 0.717) is 12.0 Å². The number of anilines is 2. The minimum absolute atomic E-state index is 0.0296. The van der Waals surface area contributed by atoms with Gasteiger partial charge >= 0.3 is 0 Å². The maximum Gasteiger partial charge on any atom is 0.251 e. The molecule has 1 aliphatic rings. The number of nitrogens with one attached hydrogen (secondary N) is 2. The van der Waals surface area contributed by atoms with E-state index in [-0.39, 0.29) is 11.9 Å². The van der Waals surface area contributed by atoms with E-state index in [1.54, 1.807) is 0 Å². The summed E-state index contributed by atoms with van der Waals surface area (Å²) in [5, 5.41) is 6.64. The van der Waals surface area contributed by atoms with Crippen molar-refractivity contribution < 1.29 is 4.79 Å². The summed E-state index contributed by atoms with van der Waals surface area (Å²) in [5.41, 5.74) is 2.84. The van der Waals surface area contributed by atoms with Gasteiger partial charge in [-0.2, -0.15) is 4.98 Å². The van der Waals surface area contributed by atoms with E-state index < -0.39 is 0 Å². The monoisotopic (exact) mass is 367 g/mol. The molecule has 1 saturated carbocycles. The van der Waals surface area contributed by atoms with Crippen molar-refractivity contribution in [3.63, 3.8) is 0 Å². The molecule has 1 amide bonds. The van der Waals surface area contributed by atoms with E-state index in [1.807, 2.05) is 63.3 Å². The van der Waals surface area contributed by atoms with Gasteiger partial charge in [-0.3, -0.25) is 4.79 Å². The van der Waals surface area contributed by atoms with Gasteiger partial charge in [-0.15, -0.1) is 0 Å². The van der Waals surface area contributed by atoms with Crippen LogP contribution in [0.25, 0.3) is 0 Å². The van der Waals surface area contributed by atoms with Crippen molar-refractivity contribution in [2.24, 2.45) is 0 Å². The van der Waals surface area contributed by atoms with Crippen LogP contribution in [0.1, 0.15) is 47.2 Å². The molecule has 6 nitrogen and oxygen atoms in total. The second kappa shape index (κ2) is 8.37. The Kier molecular flexibility index (Phi) is 5.94. The summed E-state index contributed by atoms with van der Waals surface area (Å²) in [7, 11) is 3.98. The zero-order valence-corrected chi connectivity index (χ0v) is 16.6. The van der Waals surface area contributed by atoms with Crippen LogP contribution in [0.4, 0.5) is 11.8 Å². The number of aromatic nitrogens is 2. The molecule has 3 rings (SSSR count). The Bertz CT molecular complexity index is 797. The Morgan fingerprint density at radius 3 is 2.37 bits per heavy atom. The fraction of sp³-hybridized carbons (Fsp3) is 0.476. The van der Waals surface area contributed by atoms with E-state index >= 15 is 0 Å². The predicted octanol–water partition coefficient (Wildman–Crippen LogP) is 3.31. The third-order valence-corrected chi connectivity index (χ3v) is 5.15.